The highest BCUT2D eigenvalue weighted by Crippen LogP contribution is 2.27. The van der Waals surface area contributed by atoms with Crippen LogP contribution in [0, 0.1) is 6.92 Å². The molecule has 1 rings (SSSR count). The van der Waals surface area contributed by atoms with Crippen LogP contribution < -0.4 is 9.47 Å². The van der Waals surface area contributed by atoms with Crippen molar-refractivity contribution in [3.63, 3.8) is 0 Å². The van der Waals surface area contributed by atoms with Gasteiger partial charge in [-0.15, -0.1) is 0 Å². The molecular formula is C18H30O4Si. The fourth-order valence-corrected chi connectivity index (χ4v) is 2.72. The number of unbranched alkanes of at least 4 members (excludes halogenated alkanes) is 1. The third-order valence-corrected chi connectivity index (χ3v) is 5.21. The van der Waals surface area contributed by atoms with Crippen molar-refractivity contribution in [2.75, 3.05) is 20.0 Å². The van der Waals surface area contributed by atoms with Crippen molar-refractivity contribution < 1.29 is 19.0 Å². The highest BCUT2D eigenvalue weighted by atomic mass is 28.3. The molecule has 5 heteroatoms. The highest BCUT2D eigenvalue weighted by Gasteiger charge is 2.13. The normalized spacial score (nSPS) is 11.3. The first-order valence-corrected chi connectivity index (χ1v) is 12.0. The number of hydrogen-bond donors (Lipinski definition) is 0. The molecule has 23 heavy (non-hydrogen) atoms. The average Bonchev–Trinajstić information content (AvgIpc) is 2.46. The average molecular weight is 339 g/mol. The van der Waals surface area contributed by atoms with Crippen molar-refractivity contribution >= 4 is 14.4 Å². The Morgan fingerprint density at radius 1 is 1.13 bits per heavy atom. The largest absolute Gasteiger partial charge is 0.493 e. The summed E-state index contributed by atoms with van der Waals surface area (Å²) >= 11 is 0. The number of carbonyl (C=O) groups excluding carboxylic acids is 1. The van der Waals surface area contributed by atoms with Gasteiger partial charge in [-0.2, -0.15) is 0 Å². The summed E-state index contributed by atoms with van der Waals surface area (Å²) in [5, 5.41) is 0. The fraction of sp³-hybridized carbons (Fsp3) is 0.611. The molecule has 0 amide bonds. The van der Waals surface area contributed by atoms with E-state index < -0.39 is 8.07 Å². The molecule has 0 spiro atoms. The minimum Gasteiger partial charge on any atom is -0.493 e. The lowest BCUT2D eigenvalue weighted by Gasteiger charge is -2.16. The molecule has 1 aromatic rings. The standard InChI is InChI=1S/C18H30O4Si/c1-6-7-8-21-16-11-15(2)17(13-19)18(12-16)22-14-20-9-10-23(3,4)5/h11-13H,6-10,14H2,1-5H3. The predicted molar refractivity (Wildman–Crippen MR) is 96.6 cm³/mol. The Kier molecular flexibility index (Phi) is 8.34. The summed E-state index contributed by atoms with van der Waals surface area (Å²) in [6.45, 7) is 12.4. The van der Waals surface area contributed by atoms with Crippen LogP contribution in [0.2, 0.25) is 25.7 Å². The van der Waals surface area contributed by atoms with E-state index in [9.17, 15) is 4.79 Å². The molecule has 4 nitrogen and oxygen atoms in total. The Morgan fingerprint density at radius 3 is 2.48 bits per heavy atom. The monoisotopic (exact) mass is 338 g/mol. The second kappa shape index (κ2) is 9.73. The third kappa shape index (κ3) is 7.66. The molecule has 0 aliphatic rings. The van der Waals surface area contributed by atoms with Crippen molar-refractivity contribution in [1.82, 2.24) is 0 Å². The predicted octanol–water partition coefficient (Wildman–Crippen LogP) is 4.68. The first-order chi connectivity index (χ1) is 10.9. The van der Waals surface area contributed by atoms with Gasteiger partial charge in [0.25, 0.3) is 0 Å². The summed E-state index contributed by atoms with van der Waals surface area (Å²) in [5.74, 6) is 1.26. The second-order valence-corrected chi connectivity index (χ2v) is 12.6. The lowest BCUT2D eigenvalue weighted by atomic mass is 10.1. The molecule has 0 aliphatic carbocycles. The molecule has 0 saturated carbocycles. The van der Waals surface area contributed by atoms with Gasteiger partial charge in [0.05, 0.1) is 12.2 Å². The van der Waals surface area contributed by atoms with Gasteiger partial charge >= 0.3 is 0 Å². The molecule has 0 fully saturated rings. The molecule has 0 N–H and O–H groups in total. The fourth-order valence-electron chi connectivity index (χ4n) is 1.96. The maximum Gasteiger partial charge on any atom is 0.189 e. The summed E-state index contributed by atoms with van der Waals surface area (Å²) in [6.07, 6.45) is 2.91. The number of carbonyl (C=O) groups is 1. The van der Waals surface area contributed by atoms with Crippen LogP contribution in [0.15, 0.2) is 12.1 Å². The minimum absolute atomic E-state index is 0.156. The van der Waals surface area contributed by atoms with Gasteiger partial charge in [0, 0.05) is 20.7 Å². The van der Waals surface area contributed by atoms with E-state index in [1.54, 1.807) is 6.07 Å². The Labute approximate surface area is 141 Å². The zero-order chi connectivity index (χ0) is 17.3. The molecule has 0 radical (unpaired) electrons. The van der Waals surface area contributed by atoms with Gasteiger partial charge in [-0.05, 0) is 31.0 Å². The van der Waals surface area contributed by atoms with E-state index in [4.69, 9.17) is 14.2 Å². The minimum atomic E-state index is -1.10. The molecular weight excluding hydrogens is 308 g/mol. The van der Waals surface area contributed by atoms with Crippen molar-refractivity contribution in [3.8, 4) is 11.5 Å². The summed E-state index contributed by atoms with van der Waals surface area (Å²) < 4.78 is 16.9. The Morgan fingerprint density at radius 2 is 1.87 bits per heavy atom. The number of rotatable bonds is 11. The Hall–Kier alpha value is -1.33. The third-order valence-electron chi connectivity index (χ3n) is 3.50. The van der Waals surface area contributed by atoms with Gasteiger partial charge < -0.3 is 14.2 Å². The van der Waals surface area contributed by atoms with Gasteiger partial charge in [0.2, 0.25) is 0 Å². The summed E-state index contributed by atoms with van der Waals surface area (Å²) in [5.41, 5.74) is 1.41. The van der Waals surface area contributed by atoms with E-state index in [1.165, 1.54) is 0 Å². The van der Waals surface area contributed by atoms with Crippen LogP contribution in [-0.4, -0.2) is 34.4 Å². The van der Waals surface area contributed by atoms with Crippen LogP contribution in [0.5, 0.6) is 11.5 Å². The summed E-state index contributed by atoms with van der Waals surface area (Å²) in [7, 11) is -1.10. The maximum atomic E-state index is 11.3. The molecule has 0 unspecified atom stereocenters. The topological polar surface area (TPSA) is 44.8 Å². The van der Waals surface area contributed by atoms with Crippen molar-refractivity contribution in [2.24, 2.45) is 0 Å². The number of ether oxygens (including phenoxy) is 3. The van der Waals surface area contributed by atoms with Gasteiger partial charge in [-0.25, -0.2) is 0 Å². The van der Waals surface area contributed by atoms with Gasteiger partial charge in [0.15, 0.2) is 13.1 Å². The SMILES string of the molecule is CCCCOc1cc(C)c(C=O)c(OCOCC[Si](C)(C)C)c1. The van der Waals surface area contributed by atoms with Crippen LogP contribution >= 0.6 is 0 Å². The van der Waals surface area contributed by atoms with Gasteiger partial charge in [-0.1, -0.05) is 33.0 Å². The van der Waals surface area contributed by atoms with E-state index >= 15 is 0 Å². The molecule has 0 aliphatic heterocycles. The van der Waals surface area contributed by atoms with Crippen LogP contribution in [0.1, 0.15) is 35.7 Å². The van der Waals surface area contributed by atoms with E-state index in [-0.39, 0.29) is 6.79 Å². The molecule has 130 valence electrons. The number of benzene rings is 1. The zero-order valence-electron chi connectivity index (χ0n) is 15.1. The van der Waals surface area contributed by atoms with Gasteiger partial charge in [0.1, 0.15) is 11.5 Å². The molecule has 0 heterocycles. The number of aldehydes is 1. The number of hydrogen-bond acceptors (Lipinski definition) is 4. The molecule has 0 bridgehead atoms. The number of aryl methyl sites for hydroxylation is 1. The van der Waals surface area contributed by atoms with E-state index in [0.29, 0.717) is 24.5 Å². The highest BCUT2D eigenvalue weighted by molar-refractivity contribution is 6.76. The van der Waals surface area contributed by atoms with Crippen molar-refractivity contribution in [1.29, 1.82) is 0 Å². The Bertz CT molecular complexity index is 495. The quantitative estimate of drug-likeness (QED) is 0.254. The van der Waals surface area contributed by atoms with E-state index in [1.807, 2.05) is 13.0 Å². The lowest BCUT2D eigenvalue weighted by Crippen LogP contribution is -2.22. The molecule has 0 aromatic heterocycles. The van der Waals surface area contributed by atoms with Crippen molar-refractivity contribution in [2.45, 2.75) is 52.4 Å². The second-order valence-electron chi connectivity index (χ2n) is 6.95. The van der Waals surface area contributed by atoms with Crippen LogP contribution in [0.3, 0.4) is 0 Å². The first kappa shape index (κ1) is 19.7. The first-order valence-electron chi connectivity index (χ1n) is 8.30. The summed E-state index contributed by atoms with van der Waals surface area (Å²) in [6, 6.07) is 4.74. The Balaban J connectivity index is 2.62. The summed E-state index contributed by atoms with van der Waals surface area (Å²) in [4.78, 5) is 11.3. The van der Waals surface area contributed by atoms with Crippen LogP contribution in [-0.2, 0) is 4.74 Å². The van der Waals surface area contributed by atoms with Gasteiger partial charge in [-0.3, -0.25) is 4.79 Å². The van der Waals surface area contributed by atoms with Crippen molar-refractivity contribution in [3.05, 3.63) is 23.3 Å². The molecule has 0 atom stereocenters. The maximum absolute atomic E-state index is 11.3. The smallest absolute Gasteiger partial charge is 0.189 e. The molecule has 0 saturated heterocycles. The van der Waals surface area contributed by atoms with Crippen LogP contribution in [0.4, 0.5) is 0 Å². The lowest BCUT2D eigenvalue weighted by molar-refractivity contribution is 0.0215. The van der Waals surface area contributed by atoms with E-state index in [0.717, 1.165) is 36.5 Å². The molecule has 1 aromatic carbocycles. The van der Waals surface area contributed by atoms with E-state index in [2.05, 4.69) is 26.6 Å². The van der Waals surface area contributed by atoms with Crippen LogP contribution in [0.25, 0.3) is 0 Å². The zero-order valence-corrected chi connectivity index (χ0v) is 16.1.